The molecule has 0 amide bonds. The highest BCUT2D eigenvalue weighted by Gasteiger charge is 2.21. The molecule has 0 aliphatic carbocycles. The molecule has 0 atom stereocenters. The van der Waals surface area contributed by atoms with E-state index >= 15 is 0 Å². The number of hydrogen-bond donors (Lipinski definition) is 2. The van der Waals surface area contributed by atoms with Crippen LogP contribution in [-0.2, 0) is 16.7 Å². The van der Waals surface area contributed by atoms with Gasteiger partial charge in [0, 0.05) is 25.6 Å². The Kier molecular flexibility index (Phi) is 6.44. The largest absolute Gasteiger partial charge is 0.383 e. The first-order valence-electron chi connectivity index (χ1n) is 6.81. The van der Waals surface area contributed by atoms with Crippen LogP contribution in [0.5, 0.6) is 0 Å². The molecule has 0 radical (unpaired) electrons. The lowest BCUT2D eigenvalue weighted by atomic mass is 9.97. The van der Waals surface area contributed by atoms with Crippen LogP contribution in [0, 0.1) is 0 Å². The van der Waals surface area contributed by atoms with E-state index in [9.17, 15) is 0 Å². The van der Waals surface area contributed by atoms with E-state index in [-0.39, 0.29) is 5.41 Å². The SMILES string of the molecule is CCNC(=NCc1noc(C(C)(C)C)n1)NCCOC. The van der Waals surface area contributed by atoms with Crippen LogP contribution < -0.4 is 10.6 Å². The van der Waals surface area contributed by atoms with Gasteiger partial charge in [-0.05, 0) is 6.92 Å². The number of guanidine groups is 1. The van der Waals surface area contributed by atoms with Gasteiger partial charge in [0.1, 0.15) is 6.54 Å². The Bertz CT molecular complexity index is 423. The second-order valence-electron chi connectivity index (χ2n) is 5.38. The van der Waals surface area contributed by atoms with Gasteiger partial charge in [0.25, 0.3) is 0 Å². The smallest absolute Gasteiger partial charge is 0.232 e. The monoisotopic (exact) mass is 283 g/mol. The number of nitrogens with zero attached hydrogens (tertiary/aromatic N) is 3. The van der Waals surface area contributed by atoms with Crippen molar-refractivity contribution in [3.8, 4) is 0 Å². The Morgan fingerprint density at radius 2 is 2.10 bits per heavy atom. The average Bonchev–Trinajstić information content (AvgIpc) is 2.85. The molecule has 1 heterocycles. The van der Waals surface area contributed by atoms with Crippen LogP contribution >= 0.6 is 0 Å². The number of methoxy groups -OCH3 is 1. The van der Waals surface area contributed by atoms with Crippen molar-refractivity contribution >= 4 is 5.96 Å². The quantitative estimate of drug-likeness (QED) is 0.461. The molecule has 0 saturated carbocycles. The van der Waals surface area contributed by atoms with Crippen LogP contribution in [-0.4, -0.2) is 42.9 Å². The van der Waals surface area contributed by atoms with Crippen LogP contribution in [0.25, 0.3) is 0 Å². The van der Waals surface area contributed by atoms with Gasteiger partial charge in [0.05, 0.1) is 6.61 Å². The van der Waals surface area contributed by atoms with Crippen molar-refractivity contribution in [3.63, 3.8) is 0 Å². The first kappa shape index (κ1) is 16.4. The van der Waals surface area contributed by atoms with E-state index in [1.165, 1.54) is 0 Å². The van der Waals surface area contributed by atoms with Gasteiger partial charge in [0.2, 0.25) is 5.89 Å². The molecule has 0 aliphatic heterocycles. The lowest BCUT2D eigenvalue weighted by Gasteiger charge is -2.10. The molecule has 0 saturated heterocycles. The third kappa shape index (κ3) is 5.56. The van der Waals surface area contributed by atoms with E-state index in [1.807, 2.05) is 27.7 Å². The van der Waals surface area contributed by atoms with E-state index in [0.29, 0.717) is 37.4 Å². The first-order valence-corrected chi connectivity index (χ1v) is 6.81. The Labute approximate surface area is 120 Å². The van der Waals surface area contributed by atoms with Crippen LogP contribution in [0.4, 0.5) is 0 Å². The summed E-state index contributed by atoms with van der Waals surface area (Å²) in [5.74, 6) is 1.92. The molecule has 0 fully saturated rings. The van der Waals surface area contributed by atoms with Crippen molar-refractivity contribution in [2.24, 2.45) is 4.99 Å². The summed E-state index contributed by atoms with van der Waals surface area (Å²) in [6, 6.07) is 0. The van der Waals surface area contributed by atoms with Gasteiger partial charge in [-0.1, -0.05) is 25.9 Å². The maximum absolute atomic E-state index is 5.23. The van der Waals surface area contributed by atoms with Gasteiger partial charge in [-0.2, -0.15) is 4.98 Å². The fraction of sp³-hybridized carbons (Fsp3) is 0.769. The summed E-state index contributed by atoms with van der Waals surface area (Å²) >= 11 is 0. The minimum Gasteiger partial charge on any atom is -0.383 e. The summed E-state index contributed by atoms with van der Waals surface area (Å²) in [5.41, 5.74) is -0.143. The number of aliphatic imine (C=N–C) groups is 1. The van der Waals surface area contributed by atoms with Gasteiger partial charge in [-0.25, -0.2) is 4.99 Å². The molecule has 0 spiro atoms. The van der Waals surface area contributed by atoms with Crippen molar-refractivity contribution < 1.29 is 9.26 Å². The average molecular weight is 283 g/mol. The van der Waals surface area contributed by atoms with E-state index in [1.54, 1.807) is 7.11 Å². The number of ether oxygens (including phenoxy) is 1. The minimum absolute atomic E-state index is 0.143. The van der Waals surface area contributed by atoms with E-state index in [0.717, 1.165) is 6.54 Å². The number of nitrogens with one attached hydrogen (secondary N) is 2. The Morgan fingerprint density at radius 3 is 2.65 bits per heavy atom. The molecule has 0 bridgehead atoms. The van der Waals surface area contributed by atoms with Crippen molar-refractivity contribution in [2.45, 2.75) is 39.7 Å². The van der Waals surface area contributed by atoms with Gasteiger partial charge in [0.15, 0.2) is 11.8 Å². The zero-order chi connectivity index (χ0) is 15.0. The van der Waals surface area contributed by atoms with Crippen LogP contribution in [0.1, 0.15) is 39.4 Å². The van der Waals surface area contributed by atoms with Crippen LogP contribution in [0.2, 0.25) is 0 Å². The summed E-state index contributed by atoms with van der Waals surface area (Å²) < 4.78 is 10.2. The summed E-state index contributed by atoms with van der Waals surface area (Å²) in [4.78, 5) is 8.75. The Balaban J connectivity index is 2.59. The lowest BCUT2D eigenvalue weighted by molar-refractivity contribution is 0.203. The molecule has 20 heavy (non-hydrogen) atoms. The van der Waals surface area contributed by atoms with Crippen molar-refractivity contribution in [3.05, 3.63) is 11.7 Å². The summed E-state index contributed by atoms with van der Waals surface area (Å²) in [6.45, 7) is 10.6. The molecule has 7 nitrogen and oxygen atoms in total. The van der Waals surface area contributed by atoms with Gasteiger partial charge < -0.3 is 19.9 Å². The molecular formula is C13H25N5O2. The fourth-order valence-corrected chi connectivity index (χ4v) is 1.39. The Morgan fingerprint density at radius 1 is 1.35 bits per heavy atom. The number of aromatic nitrogens is 2. The standard InChI is InChI=1S/C13H25N5O2/c1-6-14-12(15-7-8-19-5)16-9-10-17-11(20-18-10)13(2,3)4/h6-9H2,1-5H3,(H2,14,15,16). The predicted octanol–water partition coefficient (Wildman–Crippen LogP) is 1.07. The summed E-state index contributed by atoms with van der Waals surface area (Å²) in [7, 11) is 1.67. The van der Waals surface area contributed by atoms with Crippen molar-refractivity contribution in [2.75, 3.05) is 26.8 Å². The maximum Gasteiger partial charge on any atom is 0.232 e. The van der Waals surface area contributed by atoms with Gasteiger partial charge in [-0.3, -0.25) is 0 Å². The maximum atomic E-state index is 5.23. The molecule has 7 heteroatoms. The third-order valence-corrected chi connectivity index (χ3v) is 2.43. The van der Waals surface area contributed by atoms with Crippen molar-refractivity contribution in [1.29, 1.82) is 0 Å². The molecule has 2 N–H and O–H groups in total. The molecule has 0 aromatic carbocycles. The highest BCUT2D eigenvalue weighted by atomic mass is 16.5. The molecule has 1 aromatic heterocycles. The predicted molar refractivity (Wildman–Crippen MR) is 77.7 cm³/mol. The van der Waals surface area contributed by atoms with Gasteiger partial charge in [-0.15, -0.1) is 0 Å². The summed E-state index contributed by atoms with van der Waals surface area (Å²) in [6.07, 6.45) is 0. The van der Waals surface area contributed by atoms with E-state index in [2.05, 4.69) is 25.8 Å². The van der Waals surface area contributed by atoms with E-state index < -0.39 is 0 Å². The number of hydrogen-bond acceptors (Lipinski definition) is 5. The third-order valence-electron chi connectivity index (χ3n) is 2.43. The molecule has 1 rings (SSSR count). The second-order valence-corrected chi connectivity index (χ2v) is 5.38. The molecule has 114 valence electrons. The van der Waals surface area contributed by atoms with E-state index in [4.69, 9.17) is 9.26 Å². The summed E-state index contributed by atoms with van der Waals surface area (Å²) in [5, 5.41) is 10.2. The van der Waals surface area contributed by atoms with Crippen LogP contribution in [0.3, 0.4) is 0 Å². The molecule has 0 aliphatic rings. The van der Waals surface area contributed by atoms with Gasteiger partial charge >= 0.3 is 0 Å². The normalized spacial score (nSPS) is 12.6. The molecular weight excluding hydrogens is 258 g/mol. The highest BCUT2D eigenvalue weighted by molar-refractivity contribution is 5.79. The first-order chi connectivity index (χ1) is 9.47. The highest BCUT2D eigenvalue weighted by Crippen LogP contribution is 2.19. The zero-order valence-electron chi connectivity index (χ0n) is 13.0. The second kappa shape index (κ2) is 7.84. The zero-order valence-corrected chi connectivity index (χ0v) is 13.0. The minimum atomic E-state index is -0.143. The topological polar surface area (TPSA) is 84.6 Å². The molecule has 1 aromatic rings. The van der Waals surface area contributed by atoms with Crippen LogP contribution in [0.15, 0.2) is 9.52 Å². The fourth-order valence-electron chi connectivity index (χ4n) is 1.39. The Hall–Kier alpha value is -1.63. The van der Waals surface area contributed by atoms with Crippen molar-refractivity contribution in [1.82, 2.24) is 20.8 Å². The molecule has 0 unspecified atom stereocenters. The lowest BCUT2D eigenvalue weighted by Crippen LogP contribution is -2.38. The number of rotatable bonds is 6.